The molecule has 1 aromatic rings. The minimum Gasteiger partial charge on any atom is -0.481 e. The molecular weight excluding hydrogens is 608 g/mol. The van der Waals surface area contributed by atoms with E-state index in [9.17, 15) is 29.4 Å². The van der Waals surface area contributed by atoms with Crippen LogP contribution in [-0.2, 0) is 30.3 Å². The van der Waals surface area contributed by atoms with Gasteiger partial charge in [-0.2, -0.15) is 0 Å². The third kappa shape index (κ3) is 15.4. The number of nitrogens with one attached hydrogen (secondary N) is 2. The summed E-state index contributed by atoms with van der Waals surface area (Å²) in [7, 11) is -0.0728. The molecule has 0 radical (unpaired) electrons. The van der Waals surface area contributed by atoms with Crippen molar-refractivity contribution in [2.45, 2.75) is 96.1 Å². The number of aliphatic carboxylic acids is 1. The summed E-state index contributed by atoms with van der Waals surface area (Å²) in [5.74, 6) is 1.64. The van der Waals surface area contributed by atoms with E-state index >= 15 is 0 Å². The average Bonchev–Trinajstić information content (AvgIpc) is 2.99. The Balaban J connectivity index is 2.85. The lowest BCUT2D eigenvalue weighted by atomic mass is 9.82. The normalized spacial score (nSPS) is 13.8. The Morgan fingerprint density at radius 3 is 2.37 bits per heavy atom. The predicted molar refractivity (Wildman–Crippen MR) is 179 cm³/mol. The van der Waals surface area contributed by atoms with Gasteiger partial charge in [0.15, 0.2) is 5.60 Å². The van der Waals surface area contributed by atoms with Crippen molar-refractivity contribution in [3.05, 3.63) is 42.0 Å². The van der Waals surface area contributed by atoms with Crippen LogP contribution in [0.3, 0.4) is 0 Å². The number of carboxylic acid groups (broad SMARTS) is 1. The molecule has 3 atom stereocenters. The highest BCUT2D eigenvalue weighted by Crippen LogP contribution is 2.27. The van der Waals surface area contributed by atoms with E-state index in [-0.39, 0.29) is 19.4 Å². The van der Waals surface area contributed by atoms with E-state index in [2.05, 4.69) is 42.1 Å². The van der Waals surface area contributed by atoms with Crippen LogP contribution in [-0.4, -0.2) is 80.7 Å². The molecule has 0 aliphatic carbocycles. The number of benzene rings is 1. The molecule has 1 aromatic carbocycles. The standard InChI is InChI=1S/C34H52N2O9Si/c1-7-9-22-44-27-18-16-26(17-19-27)25-29(31(38)43-3)36-30(37)28(34(42,20-8-2)32(39)40)15-13-11-10-12-14-21-35-33(41)45-23-24-46(4,5)6/h13,15-19,28-29,42H,8,10-12,14,20-25H2,1-6H3,(H,35,41)(H,36,37)(H,39,40)/t28-,29?,34+/m1/s1. The van der Waals surface area contributed by atoms with Crippen molar-refractivity contribution in [3.63, 3.8) is 0 Å². The van der Waals surface area contributed by atoms with Crippen LogP contribution in [0.5, 0.6) is 5.75 Å². The molecule has 0 aliphatic rings. The summed E-state index contributed by atoms with van der Waals surface area (Å²) in [6.07, 6.45) is 5.58. The number of esters is 1. The van der Waals surface area contributed by atoms with Crippen molar-refractivity contribution >= 4 is 32.0 Å². The third-order valence-electron chi connectivity index (χ3n) is 7.18. The molecule has 1 unspecified atom stereocenters. The van der Waals surface area contributed by atoms with Gasteiger partial charge in [-0.05, 0) is 56.3 Å². The lowest BCUT2D eigenvalue weighted by Gasteiger charge is -2.30. The zero-order valence-electron chi connectivity index (χ0n) is 28.1. The number of allylic oxidation sites excluding steroid dienone is 1. The fraction of sp³-hybridized carbons (Fsp3) is 0.588. The Kier molecular flexibility index (Phi) is 18.4. The molecule has 46 heavy (non-hydrogen) atoms. The first-order chi connectivity index (χ1) is 21.8. The van der Waals surface area contributed by atoms with E-state index in [1.54, 1.807) is 44.2 Å². The second-order valence-electron chi connectivity index (χ2n) is 12.3. The molecule has 0 aromatic heterocycles. The minimum atomic E-state index is -2.38. The number of hydrogen-bond donors (Lipinski definition) is 4. The van der Waals surface area contributed by atoms with Crippen LogP contribution >= 0.6 is 0 Å². The zero-order valence-corrected chi connectivity index (χ0v) is 29.1. The Hall–Kier alpha value is -3.82. The highest BCUT2D eigenvalue weighted by molar-refractivity contribution is 6.76. The quantitative estimate of drug-likeness (QED) is 0.0482. The molecule has 4 N–H and O–H groups in total. The topological polar surface area (TPSA) is 160 Å². The molecule has 256 valence electrons. The van der Waals surface area contributed by atoms with Gasteiger partial charge in [0.25, 0.3) is 0 Å². The Labute approximate surface area is 274 Å². The van der Waals surface area contributed by atoms with Crippen LogP contribution in [0, 0.1) is 17.8 Å². The second kappa shape index (κ2) is 21.1. The van der Waals surface area contributed by atoms with Gasteiger partial charge in [-0.3, -0.25) is 4.79 Å². The molecule has 0 saturated carbocycles. The fourth-order valence-corrected chi connectivity index (χ4v) is 5.19. The molecule has 0 bridgehead atoms. The Morgan fingerprint density at radius 2 is 1.78 bits per heavy atom. The summed E-state index contributed by atoms with van der Waals surface area (Å²) in [5, 5.41) is 26.4. The summed E-state index contributed by atoms with van der Waals surface area (Å²) in [5.41, 5.74) is -1.68. The molecule has 1 rings (SSSR count). The first-order valence-electron chi connectivity index (χ1n) is 15.8. The molecule has 2 amide bonds. The zero-order chi connectivity index (χ0) is 34.6. The number of rotatable bonds is 21. The smallest absolute Gasteiger partial charge is 0.407 e. The van der Waals surface area contributed by atoms with Gasteiger partial charge < -0.3 is 35.1 Å². The van der Waals surface area contributed by atoms with Gasteiger partial charge in [0.2, 0.25) is 5.91 Å². The first kappa shape index (κ1) is 40.2. The summed E-state index contributed by atoms with van der Waals surface area (Å²) >= 11 is 0. The highest BCUT2D eigenvalue weighted by Gasteiger charge is 2.46. The number of amides is 2. The van der Waals surface area contributed by atoms with Gasteiger partial charge in [0.1, 0.15) is 18.4 Å². The Morgan fingerprint density at radius 1 is 1.09 bits per heavy atom. The average molecular weight is 661 g/mol. The first-order valence-corrected chi connectivity index (χ1v) is 19.5. The molecule has 0 saturated heterocycles. The van der Waals surface area contributed by atoms with E-state index in [1.165, 1.54) is 13.2 Å². The molecule has 12 heteroatoms. The van der Waals surface area contributed by atoms with E-state index < -0.39 is 49.6 Å². The van der Waals surface area contributed by atoms with Crippen molar-refractivity contribution in [3.8, 4) is 17.6 Å². The monoisotopic (exact) mass is 660 g/mol. The van der Waals surface area contributed by atoms with Gasteiger partial charge >= 0.3 is 18.0 Å². The second-order valence-corrected chi connectivity index (χ2v) is 17.9. The summed E-state index contributed by atoms with van der Waals surface area (Å²) in [4.78, 5) is 50.2. The maximum atomic E-state index is 13.5. The van der Waals surface area contributed by atoms with E-state index in [0.29, 0.717) is 43.7 Å². The summed E-state index contributed by atoms with van der Waals surface area (Å²) in [6.45, 7) is 11.2. The number of alkyl carbamates (subject to hydrolysis) is 1. The van der Waals surface area contributed by atoms with Crippen LogP contribution in [0.25, 0.3) is 0 Å². The number of aliphatic hydroxyl groups is 1. The van der Waals surface area contributed by atoms with Crippen LogP contribution < -0.4 is 15.4 Å². The lowest BCUT2D eigenvalue weighted by Crippen LogP contribution is -2.54. The number of ether oxygens (including phenoxy) is 3. The van der Waals surface area contributed by atoms with Gasteiger partial charge in [0, 0.05) is 21.0 Å². The van der Waals surface area contributed by atoms with Crippen molar-refractivity contribution in [1.82, 2.24) is 10.6 Å². The van der Waals surface area contributed by atoms with Crippen LogP contribution in [0.4, 0.5) is 4.79 Å². The number of carbonyl (C=O) groups excluding carboxylic acids is 3. The number of methoxy groups -OCH3 is 1. The number of unbranched alkanes of at least 4 members (excludes halogenated alkanes) is 3. The van der Waals surface area contributed by atoms with Gasteiger partial charge in [-0.25, -0.2) is 14.4 Å². The van der Waals surface area contributed by atoms with Crippen molar-refractivity contribution in [2.24, 2.45) is 5.92 Å². The number of carbonyl (C=O) groups is 4. The van der Waals surface area contributed by atoms with Gasteiger partial charge in [0.05, 0.1) is 19.6 Å². The van der Waals surface area contributed by atoms with Crippen LogP contribution in [0.15, 0.2) is 36.4 Å². The van der Waals surface area contributed by atoms with Crippen molar-refractivity contribution in [1.29, 1.82) is 0 Å². The van der Waals surface area contributed by atoms with E-state index in [1.807, 2.05) is 0 Å². The van der Waals surface area contributed by atoms with E-state index in [4.69, 9.17) is 14.2 Å². The molecular formula is C34H52N2O9Si. The van der Waals surface area contributed by atoms with E-state index in [0.717, 1.165) is 18.9 Å². The summed E-state index contributed by atoms with van der Waals surface area (Å²) < 4.78 is 15.6. The van der Waals surface area contributed by atoms with Crippen molar-refractivity contribution < 1.29 is 43.6 Å². The largest absolute Gasteiger partial charge is 0.481 e. The molecule has 0 heterocycles. The highest BCUT2D eigenvalue weighted by atomic mass is 28.3. The lowest BCUT2D eigenvalue weighted by molar-refractivity contribution is -0.167. The SMILES string of the molecule is CC#CCOc1ccc(CC(NC(=O)[C@@H](C=CCCCCCNC(=O)OCC[Si](C)(C)C)[C@@](O)(CCC)C(=O)O)C(=O)OC)cc1. The van der Waals surface area contributed by atoms with Crippen LogP contribution in [0.2, 0.25) is 25.7 Å². The molecule has 0 aliphatic heterocycles. The fourth-order valence-electron chi connectivity index (χ4n) is 4.47. The van der Waals surface area contributed by atoms with Gasteiger partial charge in [-0.15, -0.1) is 5.92 Å². The van der Waals surface area contributed by atoms with Gasteiger partial charge in [-0.1, -0.05) is 69.6 Å². The number of hydrogen-bond acceptors (Lipinski definition) is 8. The third-order valence-corrected chi connectivity index (χ3v) is 8.89. The van der Waals surface area contributed by atoms with Crippen molar-refractivity contribution in [2.75, 3.05) is 26.9 Å². The minimum absolute atomic E-state index is 0.0725. The molecule has 11 nitrogen and oxygen atoms in total. The number of carboxylic acids is 1. The molecule has 0 spiro atoms. The Bertz CT molecular complexity index is 1200. The maximum absolute atomic E-state index is 13.5. The predicted octanol–water partition coefficient (Wildman–Crippen LogP) is 4.70. The summed E-state index contributed by atoms with van der Waals surface area (Å²) in [6, 6.07) is 6.70. The molecule has 0 fully saturated rings. The maximum Gasteiger partial charge on any atom is 0.407 e. The van der Waals surface area contributed by atoms with Crippen LogP contribution in [0.1, 0.15) is 57.9 Å².